The smallest absolute Gasteiger partial charge is 0.336 e. The van der Waals surface area contributed by atoms with Crippen LogP contribution in [0, 0.1) is 0 Å². The summed E-state index contributed by atoms with van der Waals surface area (Å²) >= 11 is 0. The molecular formula is C8H9NO6. The first kappa shape index (κ1) is 13.0. The Bertz CT molecular complexity index is 318. The first-order valence-corrected chi connectivity index (χ1v) is 3.63. The Morgan fingerprint density at radius 3 is 1.40 bits per heavy atom. The van der Waals surface area contributed by atoms with Crippen LogP contribution in [-0.4, -0.2) is 32.6 Å². The van der Waals surface area contributed by atoms with E-state index in [4.69, 9.17) is 20.6 Å². The van der Waals surface area contributed by atoms with E-state index in [1.807, 2.05) is 0 Å². The highest BCUT2D eigenvalue weighted by atomic mass is 16.7. The monoisotopic (exact) mass is 215 g/mol. The predicted molar refractivity (Wildman–Crippen MR) is 47.1 cm³/mol. The third kappa shape index (κ3) is 4.18. The van der Waals surface area contributed by atoms with Crippen molar-refractivity contribution >= 4 is 11.9 Å². The van der Waals surface area contributed by atoms with Crippen molar-refractivity contribution in [2.24, 2.45) is 0 Å². The summed E-state index contributed by atoms with van der Waals surface area (Å²) < 4.78 is 0. The Kier molecular flexibility index (Phi) is 5.64. The second-order valence-electron chi connectivity index (χ2n) is 2.26. The maximum absolute atomic E-state index is 10.5. The molecule has 0 heterocycles. The minimum Gasteiger partial charge on any atom is -0.478 e. The molecule has 0 amide bonds. The molecule has 7 heteroatoms. The van der Waals surface area contributed by atoms with Gasteiger partial charge in [0.2, 0.25) is 0 Å². The van der Waals surface area contributed by atoms with E-state index in [-0.39, 0.29) is 11.1 Å². The van der Waals surface area contributed by atoms with Crippen LogP contribution in [0.3, 0.4) is 0 Å². The number of carboxylic acids is 2. The molecule has 0 unspecified atom stereocenters. The van der Waals surface area contributed by atoms with Gasteiger partial charge in [-0.25, -0.2) is 9.59 Å². The molecule has 1 rings (SSSR count). The molecule has 7 nitrogen and oxygen atoms in total. The summed E-state index contributed by atoms with van der Waals surface area (Å²) in [5, 5.41) is 30.9. The van der Waals surface area contributed by atoms with Gasteiger partial charge in [-0.3, -0.25) is 10.4 Å². The highest BCUT2D eigenvalue weighted by Crippen LogP contribution is 2.07. The second kappa shape index (κ2) is 6.49. The maximum atomic E-state index is 10.5. The van der Waals surface area contributed by atoms with Gasteiger partial charge >= 0.3 is 11.9 Å². The Balaban J connectivity index is 0.000000583. The van der Waals surface area contributed by atoms with Crippen LogP contribution in [0.5, 0.6) is 0 Å². The standard InChI is InChI=1S/C8H6O4.H3NO2/c9-7(10)5-3-1-2-4-6(5)8(11)12;2-1-3/h1-4H,(H,9,10)(H,11,12);1-3H. The van der Waals surface area contributed by atoms with E-state index < -0.39 is 11.9 Å². The van der Waals surface area contributed by atoms with E-state index in [0.29, 0.717) is 0 Å². The summed E-state index contributed by atoms with van der Waals surface area (Å²) in [7, 11) is 0. The average Bonchev–Trinajstić information content (AvgIpc) is 2.19. The van der Waals surface area contributed by atoms with Crippen molar-refractivity contribution in [1.82, 2.24) is 5.64 Å². The van der Waals surface area contributed by atoms with Gasteiger partial charge in [0.05, 0.1) is 11.1 Å². The molecule has 0 aliphatic rings. The summed E-state index contributed by atoms with van der Waals surface area (Å²) in [6.45, 7) is 0. The molecule has 0 aliphatic heterocycles. The normalized spacial score (nSPS) is 8.67. The molecule has 0 aromatic heterocycles. The fraction of sp³-hybridized carbons (Fsp3) is 0. The van der Waals surface area contributed by atoms with Gasteiger partial charge in [0.15, 0.2) is 0 Å². The highest BCUT2D eigenvalue weighted by Gasteiger charge is 2.13. The predicted octanol–water partition coefficient (Wildman–Crippen LogP) is 0.437. The van der Waals surface area contributed by atoms with E-state index in [9.17, 15) is 9.59 Å². The van der Waals surface area contributed by atoms with Crippen LogP contribution in [0.2, 0.25) is 0 Å². The van der Waals surface area contributed by atoms with E-state index >= 15 is 0 Å². The van der Waals surface area contributed by atoms with E-state index in [1.54, 1.807) is 0 Å². The zero-order chi connectivity index (χ0) is 11.8. The minimum atomic E-state index is -1.23. The largest absolute Gasteiger partial charge is 0.478 e. The van der Waals surface area contributed by atoms with Crippen LogP contribution in [0.1, 0.15) is 20.7 Å². The lowest BCUT2D eigenvalue weighted by molar-refractivity contribution is -0.0678. The zero-order valence-electron chi connectivity index (χ0n) is 7.41. The van der Waals surface area contributed by atoms with Crippen molar-refractivity contribution in [2.45, 2.75) is 0 Å². The van der Waals surface area contributed by atoms with Gasteiger partial charge in [-0.15, -0.1) is 0 Å². The first-order valence-electron chi connectivity index (χ1n) is 3.63. The molecular weight excluding hydrogens is 206 g/mol. The molecule has 0 spiro atoms. The quantitative estimate of drug-likeness (QED) is 0.453. The molecule has 15 heavy (non-hydrogen) atoms. The molecule has 0 bridgehead atoms. The second-order valence-corrected chi connectivity index (χ2v) is 2.26. The van der Waals surface area contributed by atoms with Crippen molar-refractivity contribution < 1.29 is 30.2 Å². The number of carboxylic acid groups (broad SMARTS) is 2. The van der Waals surface area contributed by atoms with Gasteiger partial charge in [0.1, 0.15) is 0 Å². The fourth-order valence-corrected chi connectivity index (χ4v) is 0.856. The van der Waals surface area contributed by atoms with Gasteiger partial charge in [-0.05, 0) is 12.1 Å². The Morgan fingerprint density at radius 1 is 0.933 bits per heavy atom. The summed E-state index contributed by atoms with van der Waals surface area (Å²) in [5.74, 6) is -2.46. The fourth-order valence-electron chi connectivity index (χ4n) is 0.856. The lowest BCUT2D eigenvalue weighted by Gasteiger charge is -1.98. The average molecular weight is 215 g/mol. The van der Waals surface area contributed by atoms with Crippen molar-refractivity contribution in [3.63, 3.8) is 0 Å². The van der Waals surface area contributed by atoms with Crippen LogP contribution in [0.4, 0.5) is 0 Å². The lowest BCUT2D eigenvalue weighted by atomic mass is 10.1. The Morgan fingerprint density at radius 2 is 1.20 bits per heavy atom. The number of hydrogen-bond donors (Lipinski definition) is 5. The van der Waals surface area contributed by atoms with Gasteiger partial charge in [0.25, 0.3) is 0 Å². The van der Waals surface area contributed by atoms with E-state index in [0.717, 1.165) is 5.64 Å². The molecule has 1 aromatic rings. The van der Waals surface area contributed by atoms with Gasteiger partial charge in [0, 0.05) is 0 Å². The number of rotatable bonds is 2. The summed E-state index contributed by atoms with van der Waals surface area (Å²) in [6, 6.07) is 5.48. The molecule has 1 aromatic carbocycles. The molecule has 0 saturated carbocycles. The minimum absolute atomic E-state index is 0.190. The number of nitrogens with one attached hydrogen (secondary N) is 1. The van der Waals surface area contributed by atoms with Crippen LogP contribution in [0.25, 0.3) is 0 Å². The third-order valence-corrected chi connectivity index (χ3v) is 1.39. The summed E-state index contributed by atoms with van der Waals surface area (Å²) in [6.07, 6.45) is 0. The van der Waals surface area contributed by atoms with Crippen LogP contribution >= 0.6 is 0 Å². The highest BCUT2D eigenvalue weighted by molar-refractivity contribution is 6.01. The number of carbonyl (C=O) groups is 2. The van der Waals surface area contributed by atoms with Gasteiger partial charge in [-0.2, -0.15) is 0 Å². The van der Waals surface area contributed by atoms with Crippen LogP contribution < -0.4 is 5.64 Å². The zero-order valence-corrected chi connectivity index (χ0v) is 7.41. The van der Waals surface area contributed by atoms with Gasteiger partial charge < -0.3 is 10.2 Å². The SMILES string of the molecule is O=C(O)c1ccccc1C(=O)O.ONO. The topological polar surface area (TPSA) is 127 Å². The molecule has 0 atom stereocenters. The molecule has 0 saturated heterocycles. The molecule has 0 radical (unpaired) electrons. The van der Waals surface area contributed by atoms with Crippen molar-refractivity contribution in [2.75, 3.05) is 0 Å². The summed E-state index contributed by atoms with van der Waals surface area (Å²) in [4.78, 5) is 20.9. The van der Waals surface area contributed by atoms with Gasteiger partial charge in [-0.1, -0.05) is 17.8 Å². The molecule has 82 valence electrons. The maximum Gasteiger partial charge on any atom is 0.336 e. The first-order chi connectivity index (χ1) is 7.04. The van der Waals surface area contributed by atoms with Crippen molar-refractivity contribution in [3.8, 4) is 0 Å². The number of aromatic carboxylic acids is 2. The molecule has 0 aliphatic carbocycles. The third-order valence-electron chi connectivity index (χ3n) is 1.39. The Labute approximate surface area is 84.1 Å². The number of hydrogen-bond acceptors (Lipinski definition) is 5. The molecule has 5 N–H and O–H groups in total. The van der Waals surface area contributed by atoms with Crippen molar-refractivity contribution in [1.29, 1.82) is 0 Å². The lowest BCUT2D eigenvalue weighted by Crippen LogP contribution is -2.06. The summed E-state index contributed by atoms with van der Waals surface area (Å²) in [5.41, 5.74) is 0.370. The van der Waals surface area contributed by atoms with Crippen LogP contribution in [-0.2, 0) is 0 Å². The van der Waals surface area contributed by atoms with Crippen LogP contribution in [0.15, 0.2) is 24.3 Å². The van der Waals surface area contributed by atoms with E-state index in [1.165, 1.54) is 24.3 Å². The van der Waals surface area contributed by atoms with Crippen molar-refractivity contribution in [3.05, 3.63) is 35.4 Å². The molecule has 0 fully saturated rings. The Hall–Kier alpha value is -1.96. The number of benzene rings is 1. The van der Waals surface area contributed by atoms with E-state index in [2.05, 4.69) is 0 Å².